The molecule has 0 unspecified atom stereocenters. The van der Waals surface area contributed by atoms with Crippen molar-refractivity contribution in [1.82, 2.24) is 14.5 Å². The summed E-state index contributed by atoms with van der Waals surface area (Å²) in [6, 6.07) is 3.77. The number of carbonyl (C=O) groups is 1. The standard InChI is InChI=1S/C10H12N4OS/c11-8(15)4-2-6-14-9-7(13-10(14)16)3-1-5-12-9/h1,3,5H,2,4,6H2,(H2,11,15)(H,13,16). The Hall–Kier alpha value is -1.69. The van der Waals surface area contributed by atoms with Crippen LogP contribution in [0.15, 0.2) is 18.3 Å². The summed E-state index contributed by atoms with van der Waals surface area (Å²) < 4.78 is 2.51. The Morgan fingerprint density at radius 2 is 2.44 bits per heavy atom. The minimum atomic E-state index is -0.292. The predicted molar refractivity (Wildman–Crippen MR) is 63.3 cm³/mol. The van der Waals surface area contributed by atoms with Crippen molar-refractivity contribution in [2.75, 3.05) is 0 Å². The number of hydrogen-bond acceptors (Lipinski definition) is 3. The van der Waals surface area contributed by atoms with E-state index in [0.717, 1.165) is 11.2 Å². The summed E-state index contributed by atoms with van der Waals surface area (Å²) in [5.74, 6) is -0.292. The van der Waals surface area contributed by atoms with Crippen molar-refractivity contribution in [2.24, 2.45) is 5.73 Å². The molecule has 0 aliphatic rings. The van der Waals surface area contributed by atoms with Gasteiger partial charge in [0, 0.05) is 19.2 Å². The van der Waals surface area contributed by atoms with Crippen molar-refractivity contribution in [3.8, 4) is 0 Å². The van der Waals surface area contributed by atoms with Gasteiger partial charge in [0.25, 0.3) is 0 Å². The van der Waals surface area contributed by atoms with Crippen molar-refractivity contribution in [2.45, 2.75) is 19.4 Å². The molecule has 0 spiro atoms. The van der Waals surface area contributed by atoms with Gasteiger partial charge in [0.05, 0.1) is 5.52 Å². The number of fused-ring (bicyclic) bond motifs is 1. The summed E-state index contributed by atoms with van der Waals surface area (Å²) in [6.45, 7) is 0.652. The van der Waals surface area contributed by atoms with Gasteiger partial charge in [-0.1, -0.05) is 0 Å². The highest BCUT2D eigenvalue weighted by Gasteiger charge is 2.04. The van der Waals surface area contributed by atoms with Crippen LogP contribution in [0.25, 0.3) is 11.2 Å². The van der Waals surface area contributed by atoms with Crippen molar-refractivity contribution in [3.05, 3.63) is 23.1 Å². The van der Waals surface area contributed by atoms with Crippen LogP contribution in [-0.4, -0.2) is 20.4 Å². The molecule has 6 heteroatoms. The number of aryl methyl sites for hydroxylation is 1. The first kappa shape index (κ1) is 10.8. The molecule has 1 amide bonds. The zero-order valence-corrected chi connectivity index (χ0v) is 9.46. The molecular formula is C10H12N4OS. The highest BCUT2D eigenvalue weighted by molar-refractivity contribution is 7.71. The first-order chi connectivity index (χ1) is 7.68. The predicted octanol–water partition coefficient (Wildman–Crippen LogP) is 1.36. The van der Waals surface area contributed by atoms with Crippen LogP contribution < -0.4 is 5.73 Å². The number of hydrogen-bond donors (Lipinski definition) is 2. The summed E-state index contributed by atoms with van der Waals surface area (Å²) in [6.07, 6.45) is 2.75. The van der Waals surface area contributed by atoms with Crippen LogP contribution in [-0.2, 0) is 11.3 Å². The molecule has 84 valence electrons. The fraction of sp³-hybridized carbons (Fsp3) is 0.300. The molecule has 3 N–H and O–H groups in total. The Bertz CT molecular complexity index is 571. The zero-order valence-electron chi connectivity index (χ0n) is 8.64. The van der Waals surface area contributed by atoms with Crippen molar-refractivity contribution < 1.29 is 4.79 Å². The van der Waals surface area contributed by atoms with E-state index >= 15 is 0 Å². The summed E-state index contributed by atoms with van der Waals surface area (Å²) in [5.41, 5.74) is 6.81. The number of H-pyrrole nitrogens is 1. The van der Waals surface area contributed by atoms with E-state index in [1.807, 2.05) is 16.7 Å². The van der Waals surface area contributed by atoms with Crippen molar-refractivity contribution in [1.29, 1.82) is 0 Å². The smallest absolute Gasteiger partial charge is 0.217 e. The van der Waals surface area contributed by atoms with E-state index < -0.39 is 0 Å². The van der Waals surface area contributed by atoms with E-state index in [4.69, 9.17) is 18.0 Å². The molecule has 0 atom stereocenters. The largest absolute Gasteiger partial charge is 0.370 e. The highest BCUT2D eigenvalue weighted by Crippen LogP contribution is 2.11. The van der Waals surface area contributed by atoms with Crippen molar-refractivity contribution in [3.63, 3.8) is 0 Å². The van der Waals surface area contributed by atoms with Crippen LogP contribution >= 0.6 is 12.2 Å². The van der Waals surface area contributed by atoms with E-state index in [-0.39, 0.29) is 5.91 Å². The summed E-state index contributed by atoms with van der Waals surface area (Å²) in [5, 5.41) is 0. The second kappa shape index (κ2) is 4.44. The van der Waals surface area contributed by atoms with Gasteiger partial charge in [-0.15, -0.1) is 0 Å². The second-order valence-electron chi connectivity index (χ2n) is 3.53. The van der Waals surface area contributed by atoms with Gasteiger partial charge in [0.15, 0.2) is 10.4 Å². The number of rotatable bonds is 4. The number of primary amides is 1. The third-order valence-corrected chi connectivity index (χ3v) is 2.66. The van der Waals surface area contributed by atoms with E-state index in [2.05, 4.69) is 9.97 Å². The molecule has 0 aliphatic heterocycles. The Morgan fingerprint density at radius 1 is 1.62 bits per heavy atom. The average Bonchev–Trinajstić information content (AvgIpc) is 2.55. The fourth-order valence-electron chi connectivity index (χ4n) is 1.61. The Kier molecular flexibility index (Phi) is 3.00. The van der Waals surface area contributed by atoms with Crippen LogP contribution in [0, 0.1) is 4.77 Å². The molecular weight excluding hydrogens is 224 g/mol. The van der Waals surface area contributed by atoms with E-state index in [9.17, 15) is 4.79 Å². The summed E-state index contributed by atoms with van der Waals surface area (Å²) in [7, 11) is 0. The number of carbonyl (C=O) groups excluding carboxylic acids is 1. The summed E-state index contributed by atoms with van der Waals surface area (Å²) >= 11 is 5.18. The third-order valence-electron chi connectivity index (χ3n) is 2.33. The fourth-order valence-corrected chi connectivity index (χ4v) is 1.90. The normalized spacial score (nSPS) is 10.8. The van der Waals surface area contributed by atoms with Gasteiger partial charge in [-0.2, -0.15) is 0 Å². The van der Waals surface area contributed by atoms with E-state index in [1.54, 1.807) is 6.20 Å². The monoisotopic (exact) mass is 236 g/mol. The first-order valence-corrected chi connectivity index (χ1v) is 5.41. The molecule has 2 rings (SSSR count). The van der Waals surface area contributed by atoms with Gasteiger partial charge < -0.3 is 15.3 Å². The van der Waals surface area contributed by atoms with Gasteiger partial charge in [-0.05, 0) is 30.8 Å². The number of nitrogens with two attached hydrogens (primary N) is 1. The van der Waals surface area contributed by atoms with E-state index in [1.165, 1.54) is 0 Å². The lowest BCUT2D eigenvalue weighted by Crippen LogP contribution is -2.11. The van der Waals surface area contributed by atoms with Crippen LogP contribution in [0.4, 0.5) is 0 Å². The quantitative estimate of drug-likeness (QED) is 0.787. The maximum atomic E-state index is 10.6. The Morgan fingerprint density at radius 3 is 3.19 bits per heavy atom. The number of imidazole rings is 1. The molecule has 5 nitrogen and oxygen atoms in total. The maximum Gasteiger partial charge on any atom is 0.217 e. The molecule has 2 aromatic heterocycles. The van der Waals surface area contributed by atoms with Gasteiger partial charge in [-0.3, -0.25) is 4.79 Å². The van der Waals surface area contributed by atoms with Gasteiger partial charge in [0.1, 0.15) is 0 Å². The van der Waals surface area contributed by atoms with Crippen LogP contribution in [0.2, 0.25) is 0 Å². The van der Waals surface area contributed by atoms with E-state index in [0.29, 0.717) is 24.2 Å². The maximum absolute atomic E-state index is 10.6. The van der Waals surface area contributed by atoms with Crippen LogP contribution in [0.5, 0.6) is 0 Å². The lowest BCUT2D eigenvalue weighted by atomic mass is 10.3. The molecule has 2 aromatic rings. The minimum Gasteiger partial charge on any atom is -0.370 e. The van der Waals surface area contributed by atoms with Gasteiger partial charge in [0.2, 0.25) is 5.91 Å². The van der Waals surface area contributed by atoms with Crippen LogP contribution in [0.1, 0.15) is 12.8 Å². The molecule has 2 heterocycles. The first-order valence-electron chi connectivity index (χ1n) is 5.00. The number of aromatic nitrogens is 3. The molecule has 0 saturated heterocycles. The van der Waals surface area contributed by atoms with Gasteiger partial charge >= 0.3 is 0 Å². The Labute approximate surface area is 97.3 Å². The van der Waals surface area contributed by atoms with Crippen LogP contribution in [0.3, 0.4) is 0 Å². The molecule has 0 bridgehead atoms. The molecule has 0 aromatic carbocycles. The highest BCUT2D eigenvalue weighted by atomic mass is 32.1. The molecule has 0 fully saturated rings. The topological polar surface area (TPSA) is 76.7 Å². The van der Waals surface area contributed by atoms with Crippen molar-refractivity contribution >= 4 is 29.3 Å². The minimum absolute atomic E-state index is 0.292. The lowest BCUT2D eigenvalue weighted by Gasteiger charge is -2.01. The second-order valence-corrected chi connectivity index (χ2v) is 3.91. The number of nitrogens with zero attached hydrogens (tertiary/aromatic N) is 2. The number of aromatic amines is 1. The molecule has 0 radical (unpaired) electrons. The molecule has 0 aliphatic carbocycles. The molecule has 0 saturated carbocycles. The number of amides is 1. The third kappa shape index (κ3) is 2.11. The SMILES string of the molecule is NC(=O)CCCn1c(=S)[nH]c2cccnc21. The molecule has 16 heavy (non-hydrogen) atoms. The average molecular weight is 236 g/mol. The number of pyridine rings is 1. The zero-order chi connectivity index (χ0) is 11.5. The number of nitrogens with one attached hydrogen (secondary N) is 1. The summed E-state index contributed by atoms with van der Waals surface area (Å²) in [4.78, 5) is 18.0. The van der Waals surface area contributed by atoms with Gasteiger partial charge in [-0.25, -0.2) is 4.98 Å². The Balaban J connectivity index is 2.26. The lowest BCUT2D eigenvalue weighted by molar-refractivity contribution is -0.118.